The van der Waals surface area contributed by atoms with Crippen molar-refractivity contribution in [2.24, 2.45) is 0 Å². The number of carboxylic acid groups (broad SMARTS) is 1. The second-order valence-electron chi connectivity index (χ2n) is 5.39. The Bertz CT molecular complexity index is 453. The first-order chi connectivity index (χ1) is 9.66. The molecule has 1 fully saturated rings. The summed E-state index contributed by atoms with van der Waals surface area (Å²) in [5, 5.41) is 12.2. The molecule has 0 heterocycles. The van der Waals surface area contributed by atoms with Crippen molar-refractivity contribution >= 4 is 11.7 Å². The Hall–Kier alpha value is -1.55. The van der Waals surface area contributed by atoms with Gasteiger partial charge in [0, 0.05) is 12.2 Å². The van der Waals surface area contributed by atoms with E-state index in [-0.39, 0.29) is 0 Å². The van der Waals surface area contributed by atoms with Gasteiger partial charge >= 0.3 is 5.97 Å². The second-order valence-corrected chi connectivity index (χ2v) is 5.39. The summed E-state index contributed by atoms with van der Waals surface area (Å²) < 4.78 is 5.85. The third kappa shape index (κ3) is 4.23. The monoisotopic (exact) mass is 277 g/mol. The summed E-state index contributed by atoms with van der Waals surface area (Å²) in [4.78, 5) is 10.9. The molecule has 4 nitrogen and oxygen atoms in total. The number of carbonyl (C=O) groups is 1. The summed E-state index contributed by atoms with van der Waals surface area (Å²) in [6.45, 7) is 3.37. The Morgan fingerprint density at radius 1 is 1.35 bits per heavy atom. The molecule has 1 aromatic rings. The largest absolute Gasteiger partial charge is 0.478 e. The molecule has 1 saturated carbocycles. The predicted molar refractivity (Wildman–Crippen MR) is 79.5 cm³/mol. The second kappa shape index (κ2) is 7.29. The van der Waals surface area contributed by atoms with Gasteiger partial charge in [-0.3, -0.25) is 0 Å². The Balaban J connectivity index is 1.74. The lowest BCUT2D eigenvalue weighted by atomic mass is 9.98. The number of aryl methyl sites for hydroxylation is 1. The van der Waals surface area contributed by atoms with Crippen molar-refractivity contribution in [1.82, 2.24) is 0 Å². The highest BCUT2D eigenvalue weighted by atomic mass is 16.5. The van der Waals surface area contributed by atoms with E-state index in [0.29, 0.717) is 18.3 Å². The van der Waals surface area contributed by atoms with Crippen LogP contribution < -0.4 is 5.32 Å². The van der Waals surface area contributed by atoms with Gasteiger partial charge in [0.25, 0.3) is 0 Å². The molecular formula is C16H23NO3. The van der Waals surface area contributed by atoms with Crippen LogP contribution in [0, 0.1) is 6.92 Å². The quantitative estimate of drug-likeness (QED) is 0.782. The van der Waals surface area contributed by atoms with Crippen molar-refractivity contribution in [2.75, 3.05) is 18.5 Å². The van der Waals surface area contributed by atoms with E-state index < -0.39 is 5.97 Å². The molecule has 0 unspecified atom stereocenters. The highest BCUT2D eigenvalue weighted by molar-refractivity contribution is 5.88. The van der Waals surface area contributed by atoms with Crippen LogP contribution in [0.25, 0.3) is 0 Å². The van der Waals surface area contributed by atoms with Crippen molar-refractivity contribution in [1.29, 1.82) is 0 Å². The summed E-state index contributed by atoms with van der Waals surface area (Å²) in [5.74, 6) is -0.889. The van der Waals surface area contributed by atoms with E-state index in [9.17, 15) is 4.79 Å². The number of aromatic carboxylic acids is 1. The van der Waals surface area contributed by atoms with Crippen molar-refractivity contribution < 1.29 is 14.6 Å². The van der Waals surface area contributed by atoms with Gasteiger partial charge in [-0.25, -0.2) is 4.79 Å². The summed E-state index contributed by atoms with van der Waals surface area (Å²) in [7, 11) is 0. The van der Waals surface area contributed by atoms with Crippen LogP contribution in [0.15, 0.2) is 18.2 Å². The highest BCUT2D eigenvalue weighted by Gasteiger charge is 2.13. The molecule has 4 heteroatoms. The number of ether oxygens (including phenoxy) is 1. The number of carboxylic acids is 1. The lowest BCUT2D eigenvalue weighted by Gasteiger charge is -2.22. The third-order valence-electron chi connectivity index (χ3n) is 3.80. The number of hydrogen-bond acceptors (Lipinski definition) is 3. The average molecular weight is 277 g/mol. The Morgan fingerprint density at radius 3 is 2.75 bits per heavy atom. The SMILES string of the molecule is Cc1cc(C(=O)O)ccc1NCCOC1CCCCC1. The van der Waals surface area contributed by atoms with Crippen molar-refractivity contribution in [3.05, 3.63) is 29.3 Å². The number of hydrogen-bond donors (Lipinski definition) is 2. The minimum atomic E-state index is -0.889. The van der Waals surface area contributed by atoms with E-state index in [1.165, 1.54) is 32.1 Å². The van der Waals surface area contributed by atoms with Gasteiger partial charge in [-0.2, -0.15) is 0 Å². The number of benzene rings is 1. The van der Waals surface area contributed by atoms with Gasteiger partial charge in [0.2, 0.25) is 0 Å². The first kappa shape index (κ1) is 14.9. The number of nitrogens with one attached hydrogen (secondary N) is 1. The zero-order valence-corrected chi connectivity index (χ0v) is 12.0. The van der Waals surface area contributed by atoms with Crippen molar-refractivity contribution in [3.8, 4) is 0 Å². The van der Waals surface area contributed by atoms with E-state index in [0.717, 1.165) is 17.8 Å². The zero-order valence-electron chi connectivity index (χ0n) is 12.0. The zero-order chi connectivity index (χ0) is 14.4. The summed E-state index contributed by atoms with van der Waals surface area (Å²) in [5.41, 5.74) is 2.25. The van der Waals surface area contributed by atoms with Gasteiger partial charge < -0.3 is 15.2 Å². The van der Waals surface area contributed by atoms with Crippen LogP contribution in [0.5, 0.6) is 0 Å². The van der Waals surface area contributed by atoms with Crippen LogP contribution in [0.1, 0.15) is 48.0 Å². The Labute approximate surface area is 120 Å². The molecule has 0 spiro atoms. The van der Waals surface area contributed by atoms with Crippen molar-refractivity contribution in [3.63, 3.8) is 0 Å². The van der Waals surface area contributed by atoms with Crippen LogP contribution in [-0.4, -0.2) is 30.3 Å². The maximum absolute atomic E-state index is 10.9. The number of rotatable bonds is 6. The highest BCUT2D eigenvalue weighted by Crippen LogP contribution is 2.20. The van der Waals surface area contributed by atoms with Crippen molar-refractivity contribution in [2.45, 2.75) is 45.1 Å². The van der Waals surface area contributed by atoms with Crippen LogP contribution in [0.4, 0.5) is 5.69 Å². The first-order valence-electron chi connectivity index (χ1n) is 7.36. The van der Waals surface area contributed by atoms with Gasteiger partial charge in [-0.15, -0.1) is 0 Å². The summed E-state index contributed by atoms with van der Waals surface area (Å²) in [6.07, 6.45) is 6.72. The third-order valence-corrected chi connectivity index (χ3v) is 3.80. The molecule has 110 valence electrons. The Morgan fingerprint density at radius 2 is 2.10 bits per heavy atom. The van der Waals surface area contributed by atoms with Crippen LogP contribution >= 0.6 is 0 Å². The summed E-state index contributed by atoms with van der Waals surface area (Å²) >= 11 is 0. The molecule has 2 rings (SSSR count). The van der Waals surface area contributed by atoms with Gasteiger partial charge in [-0.1, -0.05) is 19.3 Å². The minimum absolute atomic E-state index is 0.325. The van der Waals surface area contributed by atoms with Crippen LogP contribution in [0.3, 0.4) is 0 Å². The average Bonchev–Trinajstić information content (AvgIpc) is 2.46. The summed E-state index contributed by atoms with van der Waals surface area (Å²) in [6, 6.07) is 5.13. The van der Waals surface area contributed by atoms with Crippen LogP contribution in [-0.2, 0) is 4.74 Å². The molecule has 0 saturated heterocycles. The predicted octanol–water partition coefficient (Wildman–Crippen LogP) is 3.45. The van der Waals surface area contributed by atoms with Gasteiger partial charge in [0.05, 0.1) is 18.3 Å². The molecule has 0 bridgehead atoms. The Kier molecular flexibility index (Phi) is 5.41. The molecule has 0 aromatic heterocycles. The normalized spacial score (nSPS) is 16.1. The fourth-order valence-corrected chi connectivity index (χ4v) is 2.64. The fraction of sp³-hybridized carbons (Fsp3) is 0.562. The molecule has 0 amide bonds. The molecule has 0 radical (unpaired) electrons. The van der Waals surface area contributed by atoms with Gasteiger partial charge in [0.1, 0.15) is 0 Å². The molecule has 2 N–H and O–H groups in total. The molecule has 0 aliphatic heterocycles. The molecule has 1 aliphatic rings. The smallest absolute Gasteiger partial charge is 0.335 e. The standard InChI is InChI=1S/C16H23NO3/c1-12-11-13(16(18)19)7-8-15(12)17-9-10-20-14-5-3-2-4-6-14/h7-8,11,14,17H,2-6,9-10H2,1H3,(H,18,19). The molecular weight excluding hydrogens is 254 g/mol. The molecule has 1 aliphatic carbocycles. The topological polar surface area (TPSA) is 58.6 Å². The van der Waals surface area contributed by atoms with E-state index in [1.54, 1.807) is 12.1 Å². The molecule has 1 aromatic carbocycles. The molecule has 0 atom stereocenters. The first-order valence-corrected chi connectivity index (χ1v) is 7.36. The lowest BCUT2D eigenvalue weighted by molar-refractivity contribution is 0.0347. The number of anilines is 1. The minimum Gasteiger partial charge on any atom is -0.478 e. The van der Waals surface area contributed by atoms with E-state index in [4.69, 9.17) is 9.84 Å². The lowest BCUT2D eigenvalue weighted by Crippen LogP contribution is -2.20. The van der Waals surface area contributed by atoms with E-state index in [1.807, 2.05) is 13.0 Å². The van der Waals surface area contributed by atoms with Crippen LogP contribution in [0.2, 0.25) is 0 Å². The van der Waals surface area contributed by atoms with Gasteiger partial charge in [0.15, 0.2) is 0 Å². The van der Waals surface area contributed by atoms with E-state index >= 15 is 0 Å². The maximum atomic E-state index is 10.9. The maximum Gasteiger partial charge on any atom is 0.335 e. The van der Waals surface area contributed by atoms with E-state index in [2.05, 4.69) is 5.32 Å². The van der Waals surface area contributed by atoms with Gasteiger partial charge in [-0.05, 0) is 43.5 Å². The molecule has 20 heavy (non-hydrogen) atoms. The fourth-order valence-electron chi connectivity index (χ4n) is 2.64.